The predicted octanol–water partition coefficient (Wildman–Crippen LogP) is 2.90. The fraction of sp³-hybridized carbons (Fsp3) is 0.571. The van der Waals surface area contributed by atoms with E-state index in [2.05, 4.69) is 17.4 Å². The van der Waals surface area contributed by atoms with E-state index in [1.54, 1.807) is 0 Å². The average Bonchev–Trinajstić information content (AvgIpc) is 2.70. The maximum atomic E-state index is 9.44. The molecule has 0 radical (unpaired) electrons. The fourth-order valence-electron chi connectivity index (χ4n) is 2.40. The summed E-state index contributed by atoms with van der Waals surface area (Å²) in [6, 6.07) is 6.18. The quantitative estimate of drug-likeness (QED) is 0.865. The zero-order valence-electron chi connectivity index (χ0n) is 10.2. The second-order valence-electron chi connectivity index (χ2n) is 5.05. The summed E-state index contributed by atoms with van der Waals surface area (Å²) in [6.07, 6.45) is 2.98. The zero-order valence-corrected chi connectivity index (χ0v) is 11.0. The summed E-state index contributed by atoms with van der Waals surface area (Å²) in [4.78, 5) is 0. The molecule has 1 aromatic carbocycles. The van der Waals surface area contributed by atoms with Crippen LogP contribution in [0.2, 0.25) is 5.02 Å². The smallest absolute Gasteiger partial charge is 0.0543 e. The highest BCUT2D eigenvalue weighted by Gasteiger charge is 2.21. The maximum Gasteiger partial charge on any atom is 0.0543 e. The average molecular weight is 254 g/mol. The van der Waals surface area contributed by atoms with Crippen LogP contribution in [0.15, 0.2) is 18.2 Å². The number of nitrogens with one attached hydrogen (secondary N) is 1. The van der Waals surface area contributed by atoms with Crippen LogP contribution in [-0.2, 0) is 6.54 Å². The molecule has 0 heterocycles. The Morgan fingerprint density at radius 1 is 1.41 bits per heavy atom. The van der Waals surface area contributed by atoms with E-state index < -0.39 is 0 Å². The number of aliphatic hydroxyl groups is 1. The predicted molar refractivity (Wildman–Crippen MR) is 71.2 cm³/mol. The molecule has 0 bridgehead atoms. The van der Waals surface area contributed by atoms with Crippen molar-refractivity contribution in [3.8, 4) is 0 Å². The van der Waals surface area contributed by atoms with Gasteiger partial charge in [0.1, 0.15) is 0 Å². The lowest BCUT2D eigenvalue weighted by Crippen LogP contribution is -2.21. The van der Waals surface area contributed by atoms with Gasteiger partial charge in [0.05, 0.1) is 6.10 Å². The van der Waals surface area contributed by atoms with Gasteiger partial charge in [-0.05, 0) is 55.8 Å². The van der Waals surface area contributed by atoms with E-state index in [9.17, 15) is 5.11 Å². The molecule has 2 N–H and O–H groups in total. The molecule has 0 unspecified atom stereocenters. The summed E-state index contributed by atoms with van der Waals surface area (Å²) in [5.74, 6) is 0.630. The third-order valence-electron chi connectivity index (χ3n) is 3.51. The van der Waals surface area contributed by atoms with Crippen molar-refractivity contribution >= 4 is 11.6 Å². The van der Waals surface area contributed by atoms with Crippen molar-refractivity contribution in [1.82, 2.24) is 5.32 Å². The standard InChI is InChI=1S/C14H20ClNO/c1-10-2-3-12(7-14(10)15)9-16-8-11-4-5-13(17)6-11/h2-3,7,11,13,16-17H,4-6,8-9H2,1H3/t11-,13+/m1/s1. The maximum absolute atomic E-state index is 9.44. The van der Waals surface area contributed by atoms with Gasteiger partial charge in [0.15, 0.2) is 0 Å². The van der Waals surface area contributed by atoms with Gasteiger partial charge in [-0.25, -0.2) is 0 Å². The van der Waals surface area contributed by atoms with Crippen LogP contribution in [0.5, 0.6) is 0 Å². The van der Waals surface area contributed by atoms with Gasteiger partial charge in [0.2, 0.25) is 0 Å². The number of benzene rings is 1. The van der Waals surface area contributed by atoms with Crippen molar-refractivity contribution in [2.45, 2.75) is 38.8 Å². The summed E-state index contributed by atoms with van der Waals surface area (Å²) in [5, 5.41) is 13.7. The molecule has 0 aliphatic heterocycles. The number of aliphatic hydroxyl groups excluding tert-OH is 1. The Morgan fingerprint density at radius 3 is 2.88 bits per heavy atom. The molecule has 0 aromatic heterocycles. The van der Waals surface area contributed by atoms with Crippen molar-refractivity contribution in [3.63, 3.8) is 0 Å². The molecule has 94 valence electrons. The van der Waals surface area contributed by atoms with Crippen molar-refractivity contribution in [3.05, 3.63) is 34.3 Å². The van der Waals surface area contributed by atoms with Crippen LogP contribution >= 0.6 is 11.6 Å². The van der Waals surface area contributed by atoms with Gasteiger partial charge in [-0.3, -0.25) is 0 Å². The van der Waals surface area contributed by atoms with E-state index in [4.69, 9.17) is 11.6 Å². The monoisotopic (exact) mass is 253 g/mol. The minimum atomic E-state index is -0.0735. The van der Waals surface area contributed by atoms with Crippen molar-refractivity contribution in [1.29, 1.82) is 0 Å². The van der Waals surface area contributed by atoms with Crippen LogP contribution < -0.4 is 5.32 Å². The lowest BCUT2D eigenvalue weighted by Gasteiger charge is -2.11. The van der Waals surface area contributed by atoms with Crippen LogP contribution in [0.1, 0.15) is 30.4 Å². The number of hydrogen-bond acceptors (Lipinski definition) is 2. The fourth-order valence-corrected chi connectivity index (χ4v) is 2.60. The Morgan fingerprint density at radius 2 is 2.24 bits per heavy atom. The second-order valence-corrected chi connectivity index (χ2v) is 5.45. The minimum absolute atomic E-state index is 0.0735. The molecule has 1 aromatic rings. The normalized spacial score (nSPS) is 24.2. The number of aryl methyl sites for hydroxylation is 1. The molecule has 2 atom stereocenters. The molecule has 3 heteroatoms. The molecule has 0 saturated heterocycles. The Hall–Kier alpha value is -0.570. The molecule has 2 rings (SSSR count). The van der Waals surface area contributed by atoms with Gasteiger partial charge in [0.25, 0.3) is 0 Å². The van der Waals surface area contributed by atoms with Gasteiger partial charge < -0.3 is 10.4 Å². The van der Waals surface area contributed by atoms with Gasteiger partial charge in [-0.15, -0.1) is 0 Å². The van der Waals surface area contributed by atoms with Gasteiger partial charge in [-0.1, -0.05) is 23.7 Å². The number of halogens is 1. The van der Waals surface area contributed by atoms with Crippen molar-refractivity contribution < 1.29 is 5.11 Å². The molecule has 1 saturated carbocycles. The first-order valence-corrected chi connectivity index (χ1v) is 6.67. The molecule has 0 amide bonds. The molecule has 1 aliphatic rings. The first-order chi connectivity index (χ1) is 8.15. The number of rotatable bonds is 4. The largest absolute Gasteiger partial charge is 0.393 e. The molecular weight excluding hydrogens is 234 g/mol. The summed E-state index contributed by atoms with van der Waals surface area (Å²) < 4.78 is 0. The molecule has 1 aliphatic carbocycles. The van der Waals surface area contributed by atoms with E-state index in [0.717, 1.165) is 42.9 Å². The third-order valence-corrected chi connectivity index (χ3v) is 3.92. The molecule has 1 fully saturated rings. The van der Waals surface area contributed by atoms with Crippen LogP contribution in [0, 0.1) is 12.8 Å². The number of hydrogen-bond donors (Lipinski definition) is 2. The first kappa shape index (κ1) is 12.9. The molecular formula is C14H20ClNO. The van der Waals surface area contributed by atoms with Gasteiger partial charge in [-0.2, -0.15) is 0 Å². The molecule has 17 heavy (non-hydrogen) atoms. The van der Waals surface area contributed by atoms with Crippen LogP contribution in [0.3, 0.4) is 0 Å². The van der Waals surface area contributed by atoms with Crippen molar-refractivity contribution in [2.75, 3.05) is 6.54 Å². The summed E-state index contributed by atoms with van der Waals surface area (Å²) >= 11 is 6.08. The first-order valence-electron chi connectivity index (χ1n) is 6.29. The summed E-state index contributed by atoms with van der Waals surface area (Å²) in [7, 11) is 0. The minimum Gasteiger partial charge on any atom is -0.393 e. The van der Waals surface area contributed by atoms with Crippen LogP contribution in [-0.4, -0.2) is 17.8 Å². The topological polar surface area (TPSA) is 32.3 Å². The Balaban J connectivity index is 1.76. The van der Waals surface area contributed by atoms with Crippen LogP contribution in [0.25, 0.3) is 0 Å². The Kier molecular flexibility index (Phi) is 4.43. The van der Waals surface area contributed by atoms with E-state index in [0.29, 0.717) is 5.92 Å². The molecule has 0 spiro atoms. The highest BCUT2D eigenvalue weighted by atomic mass is 35.5. The Bertz CT molecular complexity index is 380. The Labute approximate surface area is 108 Å². The second kappa shape index (κ2) is 5.85. The zero-order chi connectivity index (χ0) is 12.3. The highest BCUT2D eigenvalue weighted by Crippen LogP contribution is 2.24. The van der Waals surface area contributed by atoms with E-state index in [1.807, 2.05) is 13.0 Å². The lowest BCUT2D eigenvalue weighted by atomic mass is 10.1. The third kappa shape index (κ3) is 3.70. The lowest BCUT2D eigenvalue weighted by molar-refractivity contribution is 0.177. The summed E-state index contributed by atoms with van der Waals surface area (Å²) in [5.41, 5.74) is 2.34. The summed E-state index contributed by atoms with van der Waals surface area (Å²) in [6.45, 7) is 3.86. The SMILES string of the molecule is Cc1ccc(CNC[C@@H]2CC[C@H](O)C2)cc1Cl. The van der Waals surface area contributed by atoms with Gasteiger partial charge in [0, 0.05) is 11.6 Å². The van der Waals surface area contributed by atoms with E-state index >= 15 is 0 Å². The van der Waals surface area contributed by atoms with E-state index in [-0.39, 0.29) is 6.10 Å². The van der Waals surface area contributed by atoms with Gasteiger partial charge >= 0.3 is 0 Å². The highest BCUT2D eigenvalue weighted by molar-refractivity contribution is 6.31. The van der Waals surface area contributed by atoms with E-state index in [1.165, 1.54) is 5.56 Å². The van der Waals surface area contributed by atoms with Crippen LogP contribution in [0.4, 0.5) is 0 Å². The molecule has 2 nitrogen and oxygen atoms in total. The van der Waals surface area contributed by atoms with Crippen molar-refractivity contribution in [2.24, 2.45) is 5.92 Å².